The zero-order valence-corrected chi connectivity index (χ0v) is 9.07. The Kier molecular flexibility index (Phi) is 4.79. The second-order valence-electron chi connectivity index (χ2n) is 2.16. The van der Waals surface area contributed by atoms with Gasteiger partial charge in [-0.15, -0.1) is 0 Å². The predicted octanol–water partition coefficient (Wildman–Crippen LogP) is -3.95. The molecule has 1 rings (SSSR count). The Hall–Kier alpha value is -0.750. The van der Waals surface area contributed by atoms with Crippen LogP contribution in [0.5, 0.6) is 5.75 Å². The first-order chi connectivity index (χ1) is 5.65. The minimum absolute atomic E-state index is 0. The Balaban J connectivity index is 0.00000144. The van der Waals surface area contributed by atoms with Crippen LogP contribution in [-0.4, -0.2) is 11.1 Å². The number of carboxylic acid groups (broad SMARTS) is 1. The Morgan fingerprint density at radius 3 is 2.62 bits per heavy atom. The van der Waals surface area contributed by atoms with E-state index in [1.807, 2.05) is 0 Å². The van der Waals surface area contributed by atoms with Crippen molar-refractivity contribution in [2.75, 3.05) is 5.43 Å². The van der Waals surface area contributed by atoms with Crippen molar-refractivity contribution < 1.29 is 44.6 Å². The van der Waals surface area contributed by atoms with Gasteiger partial charge in [-0.1, -0.05) is 0 Å². The van der Waals surface area contributed by atoms with Crippen molar-refractivity contribution in [2.45, 2.75) is 0 Å². The van der Waals surface area contributed by atoms with Gasteiger partial charge in [-0.05, 0) is 18.2 Å². The minimum atomic E-state index is -1.44. The SMILES string of the molecule is NNc1ccc(O)c(C(=O)[O-])c1.[Na+]. The number of carbonyl (C=O) groups excluding carboxylic acids is 1. The van der Waals surface area contributed by atoms with Crippen molar-refractivity contribution in [3.05, 3.63) is 23.8 Å². The van der Waals surface area contributed by atoms with Crippen molar-refractivity contribution in [3.63, 3.8) is 0 Å². The first-order valence-corrected chi connectivity index (χ1v) is 3.16. The fourth-order valence-electron chi connectivity index (χ4n) is 0.789. The third-order valence-corrected chi connectivity index (χ3v) is 1.38. The molecule has 0 fully saturated rings. The van der Waals surface area contributed by atoms with E-state index in [0.29, 0.717) is 5.69 Å². The topological polar surface area (TPSA) is 98.4 Å². The molecule has 0 atom stereocenters. The number of nitrogens with two attached hydrogens (primary N) is 1. The average Bonchev–Trinajstić information content (AvgIpc) is 2.05. The fraction of sp³-hybridized carbons (Fsp3) is 0. The van der Waals surface area contributed by atoms with Crippen molar-refractivity contribution in [3.8, 4) is 5.75 Å². The van der Waals surface area contributed by atoms with Gasteiger partial charge in [-0.25, -0.2) is 0 Å². The van der Waals surface area contributed by atoms with E-state index >= 15 is 0 Å². The van der Waals surface area contributed by atoms with Gasteiger partial charge in [0.15, 0.2) is 0 Å². The van der Waals surface area contributed by atoms with Crippen LogP contribution in [0.4, 0.5) is 5.69 Å². The van der Waals surface area contributed by atoms with Gasteiger partial charge < -0.3 is 20.4 Å². The molecule has 1 aromatic rings. The van der Waals surface area contributed by atoms with E-state index in [-0.39, 0.29) is 40.9 Å². The number of phenols is 1. The molecule has 0 aliphatic carbocycles. The van der Waals surface area contributed by atoms with E-state index in [1.165, 1.54) is 18.2 Å². The summed E-state index contributed by atoms with van der Waals surface area (Å²) in [7, 11) is 0. The number of hydrazine groups is 1. The smallest absolute Gasteiger partial charge is 0.545 e. The van der Waals surface area contributed by atoms with Crippen LogP contribution in [0.15, 0.2) is 18.2 Å². The van der Waals surface area contributed by atoms with Crippen LogP contribution in [0.1, 0.15) is 10.4 Å². The average molecular weight is 190 g/mol. The third-order valence-electron chi connectivity index (χ3n) is 1.38. The number of aromatic hydroxyl groups is 1. The molecule has 4 N–H and O–H groups in total. The number of anilines is 1. The number of aromatic carboxylic acids is 1. The van der Waals surface area contributed by atoms with Gasteiger partial charge in [0.1, 0.15) is 5.75 Å². The summed E-state index contributed by atoms with van der Waals surface area (Å²) in [5.41, 5.74) is 2.36. The number of rotatable bonds is 2. The van der Waals surface area contributed by atoms with Gasteiger partial charge in [0.2, 0.25) is 0 Å². The number of nitrogen functional groups attached to an aromatic ring is 1. The van der Waals surface area contributed by atoms with E-state index in [9.17, 15) is 9.90 Å². The van der Waals surface area contributed by atoms with E-state index in [2.05, 4.69) is 5.43 Å². The van der Waals surface area contributed by atoms with Gasteiger partial charge in [-0.2, -0.15) is 0 Å². The van der Waals surface area contributed by atoms with E-state index in [0.717, 1.165) is 0 Å². The molecule has 0 unspecified atom stereocenters. The number of carboxylic acids is 1. The molecular formula is C7H7N2NaO3. The molecule has 6 heteroatoms. The second-order valence-corrected chi connectivity index (χ2v) is 2.16. The zero-order valence-electron chi connectivity index (χ0n) is 7.07. The maximum absolute atomic E-state index is 10.4. The van der Waals surface area contributed by atoms with Crippen LogP contribution in [0, 0.1) is 0 Å². The molecular weight excluding hydrogens is 183 g/mol. The molecule has 0 heterocycles. The van der Waals surface area contributed by atoms with Crippen LogP contribution >= 0.6 is 0 Å². The minimum Gasteiger partial charge on any atom is -0.545 e. The summed E-state index contributed by atoms with van der Waals surface area (Å²) in [4.78, 5) is 10.4. The first kappa shape index (κ1) is 12.2. The van der Waals surface area contributed by atoms with Gasteiger partial charge in [0.25, 0.3) is 0 Å². The number of nitrogens with one attached hydrogen (secondary N) is 1. The van der Waals surface area contributed by atoms with E-state index in [1.54, 1.807) is 0 Å². The number of hydrogen-bond acceptors (Lipinski definition) is 5. The standard InChI is InChI=1S/C7H8N2O3.Na/c8-9-4-1-2-6(10)5(3-4)7(11)12;/h1-3,9-10H,8H2,(H,11,12);/q;+1/p-1. The molecule has 0 amide bonds. The molecule has 64 valence electrons. The van der Waals surface area contributed by atoms with Crippen molar-refractivity contribution in [1.82, 2.24) is 0 Å². The van der Waals surface area contributed by atoms with E-state index < -0.39 is 5.97 Å². The third kappa shape index (κ3) is 2.89. The summed E-state index contributed by atoms with van der Waals surface area (Å²) in [5, 5.41) is 19.4. The van der Waals surface area contributed by atoms with Crippen LogP contribution < -0.4 is 45.9 Å². The second kappa shape index (κ2) is 5.08. The summed E-state index contributed by atoms with van der Waals surface area (Å²) in [6.45, 7) is 0. The molecule has 0 saturated heterocycles. The molecule has 0 aliphatic rings. The van der Waals surface area contributed by atoms with Crippen molar-refractivity contribution >= 4 is 11.7 Å². The Morgan fingerprint density at radius 2 is 2.15 bits per heavy atom. The van der Waals surface area contributed by atoms with Crippen LogP contribution in [-0.2, 0) is 0 Å². The molecule has 0 bridgehead atoms. The van der Waals surface area contributed by atoms with Crippen LogP contribution in [0.25, 0.3) is 0 Å². The quantitative estimate of drug-likeness (QED) is 0.191. The molecule has 0 aliphatic heterocycles. The monoisotopic (exact) mass is 190 g/mol. The maximum atomic E-state index is 10.4. The van der Waals surface area contributed by atoms with Crippen molar-refractivity contribution in [2.24, 2.45) is 5.84 Å². The number of benzene rings is 1. The molecule has 0 radical (unpaired) electrons. The molecule has 1 aromatic carbocycles. The predicted molar refractivity (Wildman–Crippen MR) is 40.2 cm³/mol. The van der Waals surface area contributed by atoms with Crippen molar-refractivity contribution in [1.29, 1.82) is 0 Å². The van der Waals surface area contributed by atoms with Crippen LogP contribution in [0.2, 0.25) is 0 Å². The summed E-state index contributed by atoms with van der Waals surface area (Å²) in [6, 6.07) is 3.85. The van der Waals surface area contributed by atoms with E-state index in [4.69, 9.17) is 10.9 Å². The molecule has 5 nitrogen and oxygen atoms in total. The zero-order chi connectivity index (χ0) is 9.14. The Labute approximate surface area is 96.8 Å². The summed E-state index contributed by atoms with van der Waals surface area (Å²) in [6.07, 6.45) is 0. The fourth-order valence-corrected chi connectivity index (χ4v) is 0.789. The van der Waals surface area contributed by atoms with Crippen LogP contribution in [0.3, 0.4) is 0 Å². The largest absolute Gasteiger partial charge is 1.00 e. The summed E-state index contributed by atoms with van der Waals surface area (Å²) < 4.78 is 0. The maximum Gasteiger partial charge on any atom is 1.00 e. The molecule has 13 heavy (non-hydrogen) atoms. The molecule has 0 aromatic heterocycles. The number of carbonyl (C=O) groups is 1. The Bertz CT molecular complexity index is 317. The molecule has 0 spiro atoms. The Morgan fingerprint density at radius 1 is 1.54 bits per heavy atom. The van der Waals surface area contributed by atoms with Gasteiger partial charge >= 0.3 is 29.6 Å². The molecule has 0 saturated carbocycles. The number of hydrogen-bond donors (Lipinski definition) is 3. The first-order valence-electron chi connectivity index (χ1n) is 3.16. The normalized spacial score (nSPS) is 8.69. The summed E-state index contributed by atoms with van der Waals surface area (Å²) in [5.74, 6) is 3.24. The van der Waals surface area contributed by atoms with Gasteiger partial charge in [-0.3, -0.25) is 5.84 Å². The van der Waals surface area contributed by atoms with Gasteiger partial charge in [0.05, 0.1) is 5.97 Å². The summed E-state index contributed by atoms with van der Waals surface area (Å²) >= 11 is 0. The van der Waals surface area contributed by atoms with Gasteiger partial charge in [0, 0.05) is 11.3 Å².